The summed E-state index contributed by atoms with van der Waals surface area (Å²) in [7, 11) is 0. The standard InChI is InChI=1S/C18H20FNO/c1-3-14(2)20-12-15-7-9-18(10-8-15)21-13-16-5-4-6-17(19)11-16/h4-12,14H,3,13H2,1-2H3/b20-12+. The zero-order valence-corrected chi connectivity index (χ0v) is 12.4. The van der Waals surface area contributed by atoms with Crippen molar-refractivity contribution in [2.75, 3.05) is 0 Å². The van der Waals surface area contributed by atoms with Gasteiger partial charge in [0.1, 0.15) is 18.2 Å². The highest BCUT2D eigenvalue weighted by molar-refractivity contribution is 5.79. The lowest BCUT2D eigenvalue weighted by Gasteiger charge is -2.07. The first-order valence-electron chi connectivity index (χ1n) is 7.18. The van der Waals surface area contributed by atoms with Crippen LogP contribution in [0.25, 0.3) is 0 Å². The molecule has 2 rings (SSSR count). The van der Waals surface area contributed by atoms with Crippen molar-refractivity contribution in [2.24, 2.45) is 4.99 Å². The van der Waals surface area contributed by atoms with E-state index in [2.05, 4.69) is 18.8 Å². The molecule has 1 atom stereocenters. The van der Waals surface area contributed by atoms with Crippen molar-refractivity contribution in [3.05, 3.63) is 65.5 Å². The van der Waals surface area contributed by atoms with Crippen LogP contribution in [0.15, 0.2) is 53.5 Å². The van der Waals surface area contributed by atoms with Gasteiger partial charge in [0.15, 0.2) is 0 Å². The van der Waals surface area contributed by atoms with Gasteiger partial charge in [0, 0.05) is 12.3 Å². The molecule has 110 valence electrons. The summed E-state index contributed by atoms with van der Waals surface area (Å²) in [5, 5.41) is 0. The van der Waals surface area contributed by atoms with Gasteiger partial charge in [-0.3, -0.25) is 4.99 Å². The largest absolute Gasteiger partial charge is 0.489 e. The van der Waals surface area contributed by atoms with Crippen molar-refractivity contribution in [1.29, 1.82) is 0 Å². The lowest BCUT2D eigenvalue weighted by atomic mass is 10.2. The molecule has 0 aliphatic carbocycles. The second-order valence-corrected chi connectivity index (χ2v) is 5.02. The van der Waals surface area contributed by atoms with E-state index in [1.54, 1.807) is 6.07 Å². The Morgan fingerprint density at radius 1 is 1.19 bits per heavy atom. The molecule has 0 saturated heterocycles. The Labute approximate surface area is 125 Å². The molecule has 0 aliphatic rings. The maximum absolute atomic E-state index is 13.1. The van der Waals surface area contributed by atoms with Crippen LogP contribution in [0.1, 0.15) is 31.4 Å². The molecule has 0 spiro atoms. The normalized spacial score (nSPS) is 12.5. The molecular formula is C18H20FNO. The zero-order valence-electron chi connectivity index (χ0n) is 12.4. The maximum Gasteiger partial charge on any atom is 0.123 e. The molecule has 0 N–H and O–H groups in total. The van der Waals surface area contributed by atoms with Gasteiger partial charge < -0.3 is 4.74 Å². The minimum Gasteiger partial charge on any atom is -0.489 e. The molecule has 2 aromatic carbocycles. The lowest BCUT2D eigenvalue weighted by molar-refractivity contribution is 0.305. The summed E-state index contributed by atoms with van der Waals surface area (Å²) in [5.74, 6) is 0.521. The van der Waals surface area contributed by atoms with Gasteiger partial charge in [-0.2, -0.15) is 0 Å². The minimum absolute atomic E-state index is 0.243. The van der Waals surface area contributed by atoms with E-state index in [9.17, 15) is 4.39 Å². The number of ether oxygens (including phenoxy) is 1. The molecule has 0 aromatic heterocycles. The Morgan fingerprint density at radius 2 is 1.95 bits per heavy atom. The van der Waals surface area contributed by atoms with Crippen LogP contribution in [0.2, 0.25) is 0 Å². The van der Waals surface area contributed by atoms with Crippen molar-refractivity contribution < 1.29 is 9.13 Å². The van der Waals surface area contributed by atoms with Gasteiger partial charge in [-0.15, -0.1) is 0 Å². The van der Waals surface area contributed by atoms with E-state index >= 15 is 0 Å². The molecule has 0 radical (unpaired) electrons. The molecule has 2 nitrogen and oxygen atoms in total. The molecule has 0 fully saturated rings. The minimum atomic E-state index is -0.243. The van der Waals surface area contributed by atoms with Crippen LogP contribution in [0.5, 0.6) is 5.75 Å². The highest BCUT2D eigenvalue weighted by atomic mass is 19.1. The van der Waals surface area contributed by atoms with E-state index in [0.717, 1.165) is 23.3 Å². The quantitative estimate of drug-likeness (QED) is 0.709. The summed E-state index contributed by atoms with van der Waals surface area (Å²) < 4.78 is 18.7. The molecule has 21 heavy (non-hydrogen) atoms. The highest BCUT2D eigenvalue weighted by Gasteiger charge is 1.98. The molecule has 1 unspecified atom stereocenters. The number of hydrogen-bond acceptors (Lipinski definition) is 2. The number of nitrogens with zero attached hydrogens (tertiary/aromatic N) is 1. The highest BCUT2D eigenvalue weighted by Crippen LogP contribution is 2.14. The Kier molecular flexibility index (Phi) is 5.50. The monoisotopic (exact) mass is 285 g/mol. The van der Waals surface area contributed by atoms with Gasteiger partial charge in [0.25, 0.3) is 0 Å². The van der Waals surface area contributed by atoms with Gasteiger partial charge in [0.2, 0.25) is 0 Å². The number of hydrogen-bond donors (Lipinski definition) is 0. The van der Waals surface area contributed by atoms with Crippen molar-refractivity contribution in [3.63, 3.8) is 0 Å². The predicted molar refractivity (Wildman–Crippen MR) is 84.5 cm³/mol. The van der Waals surface area contributed by atoms with E-state index in [0.29, 0.717) is 12.6 Å². The molecule has 3 heteroatoms. The molecular weight excluding hydrogens is 265 g/mol. The topological polar surface area (TPSA) is 21.6 Å². The van der Waals surface area contributed by atoms with Crippen LogP contribution in [0.4, 0.5) is 4.39 Å². The summed E-state index contributed by atoms with van der Waals surface area (Å²) in [6.45, 7) is 4.57. The summed E-state index contributed by atoms with van der Waals surface area (Å²) in [6.07, 6.45) is 2.91. The summed E-state index contributed by atoms with van der Waals surface area (Å²) in [5.41, 5.74) is 1.87. The van der Waals surface area contributed by atoms with Crippen molar-refractivity contribution in [2.45, 2.75) is 32.9 Å². The van der Waals surface area contributed by atoms with Crippen LogP contribution in [0.3, 0.4) is 0 Å². The number of rotatable bonds is 6. The predicted octanol–water partition coefficient (Wildman–Crippen LogP) is 4.62. The van der Waals surface area contributed by atoms with E-state index in [4.69, 9.17) is 4.74 Å². The first-order valence-corrected chi connectivity index (χ1v) is 7.18. The second kappa shape index (κ2) is 7.58. The number of halogens is 1. The second-order valence-electron chi connectivity index (χ2n) is 5.02. The van der Waals surface area contributed by atoms with Gasteiger partial charge in [-0.05, 0) is 60.9 Å². The zero-order chi connectivity index (χ0) is 15.1. The molecule has 0 saturated carbocycles. The van der Waals surface area contributed by atoms with Gasteiger partial charge >= 0.3 is 0 Å². The van der Waals surface area contributed by atoms with Crippen molar-refractivity contribution in [3.8, 4) is 5.75 Å². The van der Waals surface area contributed by atoms with Gasteiger partial charge in [-0.25, -0.2) is 4.39 Å². The third-order valence-corrected chi connectivity index (χ3v) is 3.24. The van der Waals surface area contributed by atoms with Crippen molar-refractivity contribution in [1.82, 2.24) is 0 Å². The third kappa shape index (κ3) is 5.03. The average Bonchev–Trinajstić information content (AvgIpc) is 2.51. The summed E-state index contributed by atoms with van der Waals surface area (Å²) >= 11 is 0. The lowest BCUT2D eigenvalue weighted by Crippen LogP contribution is -1.97. The molecule has 0 bridgehead atoms. The van der Waals surface area contributed by atoms with E-state index in [-0.39, 0.29) is 5.82 Å². The summed E-state index contributed by atoms with van der Waals surface area (Å²) in [4.78, 5) is 4.44. The first-order chi connectivity index (χ1) is 10.2. The van der Waals surface area contributed by atoms with E-state index in [1.165, 1.54) is 12.1 Å². The fraction of sp³-hybridized carbons (Fsp3) is 0.278. The SMILES string of the molecule is CCC(C)/N=C/c1ccc(OCc2cccc(F)c2)cc1. The molecule has 2 aromatic rings. The first kappa shape index (κ1) is 15.2. The average molecular weight is 285 g/mol. The van der Waals surface area contributed by atoms with Crippen LogP contribution >= 0.6 is 0 Å². The van der Waals surface area contributed by atoms with Gasteiger partial charge in [-0.1, -0.05) is 19.1 Å². The number of aliphatic imine (C=N–C) groups is 1. The Hall–Kier alpha value is -2.16. The van der Waals surface area contributed by atoms with Crippen LogP contribution in [-0.2, 0) is 6.61 Å². The van der Waals surface area contributed by atoms with Crippen LogP contribution in [0, 0.1) is 5.82 Å². The maximum atomic E-state index is 13.1. The molecule has 0 amide bonds. The Morgan fingerprint density at radius 3 is 2.62 bits per heavy atom. The fourth-order valence-electron chi connectivity index (χ4n) is 1.76. The number of benzene rings is 2. The Balaban J connectivity index is 1.92. The fourth-order valence-corrected chi connectivity index (χ4v) is 1.76. The molecule has 0 heterocycles. The van der Waals surface area contributed by atoms with Crippen LogP contribution in [-0.4, -0.2) is 12.3 Å². The van der Waals surface area contributed by atoms with Gasteiger partial charge in [0.05, 0.1) is 0 Å². The van der Waals surface area contributed by atoms with E-state index < -0.39 is 0 Å². The van der Waals surface area contributed by atoms with E-state index in [1.807, 2.05) is 36.5 Å². The Bertz CT molecular complexity index is 592. The summed E-state index contributed by atoms with van der Waals surface area (Å²) in [6, 6.07) is 14.5. The third-order valence-electron chi connectivity index (χ3n) is 3.24. The van der Waals surface area contributed by atoms with Crippen LogP contribution < -0.4 is 4.74 Å². The van der Waals surface area contributed by atoms with Crippen molar-refractivity contribution >= 4 is 6.21 Å². The molecule has 0 aliphatic heterocycles. The smallest absolute Gasteiger partial charge is 0.123 e.